The number of carbonyl (C=O) groups excluding carboxylic acids is 1. The zero-order chi connectivity index (χ0) is 18.0. The van der Waals surface area contributed by atoms with E-state index >= 15 is 0 Å². The topological polar surface area (TPSA) is 85.6 Å². The highest BCUT2D eigenvalue weighted by Crippen LogP contribution is 2.18. The average Bonchev–Trinajstić information content (AvgIpc) is 2.97. The van der Waals surface area contributed by atoms with Gasteiger partial charge in [0.2, 0.25) is 5.28 Å². The van der Waals surface area contributed by atoms with Gasteiger partial charge in [0.15, 0.2) is 5.82 Å². The van der Waals surface area contributed by atoms with Crippen LogP contribution >= 0.6 is 27.5 Å². The summed E-state index contributed by atoms with van der Waals surface area (Å²) in [5.41, 5.74) is 1.53. The van der Waals surface area contributed by atoms with Gasteiger partial charge in [-0.2, -0.15) is 9.67 Å². The number of nitrogens with zero attached hydrogens (tertiary/aromatic N) is 5. The fraction of sp³-hybridized carbons (Fsp3) is 0.188. The molecule has 25 heavy (non-hydrogen) atoms. The summed E-state index contributed by atoms with van der Waals surface area (Å²) in [5.74, 6) is 0.545. The van der Waals surface area contributed by atoms with Crippen LogP contribution in [0.3, 0.4) is 0 Å². The normalized spacial score (nSPS) is 12.0. The average molecular weight is 422 g/mol. The van der Waals surface area contributed by atoms with Crippen LogP contribution < -0.4 is 5.32 Å². The monoisotopic (exact) mass is 420 g/mol. The lowest BCUT2D eigenvalue weighted by Crippen LogP contribution is -2.29. The van der Waals surface area contributed by atoms with Gasteiger partial charge >= 0.3 is 0 Å². The first kappa shape index (κ1) is 17.5. The highest BCUT2D eigenvalue weighted by molar-refractivity contribution is 9.10. The second kappa shape index (κ2) is 7.28. The number of hydrogen-bond donors (Lipinski definition) is 1. The highest BCUT2D eigenvalue weighted by Gasteiger charge is 2.21. The maximum absolute atomic E-state index is 12.5. The maximum Gasteiger partial charge on any atom is 0.252 e. The summed E-state index contributed by atoms with van der Waals surface area (Å²) in [6.07, 6.45) is 3.18. The Balaban J connectivity index is 1.87. The fourth-order valence-electron chi connectivity index (χ4n) is 2.34. The third-order valence-electron chi connectivity index (χ3n) is 3.39. The molecule has 9 heteroatoms. The minimum atomic E-state index is -0.449. The molecule has 0 saturated heterocycles. The van der Waals surface area contributed by atoms with E-state index in [0.29, 0.717) is 17.3 Å². The molecule has 0 aliphatic heterocycles. The summed E-state index contributed by atoms with van der Waals surface area (Å²) in [6, 6.07) is 6.75. The van der Waals surface area contributed by atoms with Crippen molar-refractivity contribution >= 4 is 33.4 Å². The molecule has 1 atom stereocenters. The van der Waals surface area contributed by atoms with Crippen LogP contribution in [0.15, 0.2) is 41.1 Å². The summed E-state index contributed by atoms with van der Waals surface area (Å²) in [7, 11) is 0. The Hall–Kier alpha value is -2.32. The molecule has 0 aliphatic carbocycles. The maximum atomic E-state index is 12.5. The first-order valence-electron chi connectivity index (χ1n) is 7.42. The van der Waals surface area contributed by atoms with Gasteiger partial charge in [0.25, 0.3) is 11.9 Å². The number of amides is 1. The van der Waals surface area contributed by atoms with E-state index in [1.54, 1.807) is 31.5 Å². The lowest BCUT2D eigenvalue weighted by molar-refractivity contribution is 0.0937. The standard InChI is InChI=1S/C16H14BrClN6O/c1-9-6-11(8-12(17)7-9)14(25)21-10(2)13-22-15(18)23-24(13)16-19-4-3-5-20-16/h3-8,10H,1-2H3,(H,21,25). The van der Waals surface area contributed by atoms with Crippen molar-refractivity contribution in [2.24, 2.45) is 0 Å². The van der Waals surface area contributed by atoms with Gasteiger partial charge in [-0.3, -0.25) is 4.79 Å². The van der Waals surface area contributed by atoms with Gasteiger partial charge in [-0.1, -0.05) is 15.9 Å². The van der Waals surface area contributed by atoms with Crippen LogP contribution in [0.5, 0.6) is 0 Å². The van der Waals surface area contributed by atoms with Crippen molar-refractivity contribution in [3.8, 4) is 5.95 Å². The van der Waals surface area contributed by atoms with Crippen molar-refractivity contribution in [1.82, 2.24) is 30.0 Å². The molecule has 0 spiro atoms. The largest absolute Gasteiger partial charge is 0.342 e. The van der Waals surface area contributed by atoms with Gasteiger partial charge in [-0.25, -0.2) is 9.97 Å². The molecule has 1 unspecified atom stereocenters. The summed E-state index contributed by atoms with van der Waals surface area (Å²) < 4.78 is 2.26. The Morgan fingerprint density at radius 2 is 2.00 bits per heavy atom. The molecule has 7 nitrogen and oxygen atoms in total. The Kier molecular flexibility index (Phi) is 5.10. The molecule has 128 valence electrons. The zero-order valence-electron chi connectivity index (χ0n) is 13.4. The smallest absolute Gasteiger partial charge is 0.252 e. The van der Waals surface area contributed by atoms with Crippen molar-refractivity contribution in [2.75, 3.05) is 0 Å². The first-order chi connectivity index (χ1) is 11.9. The van der Waals surface area contributed by atoms with E-state index in [0.717, 1.165) is 10.0 Å². The van der Waals surface area contributed by atoms with E-state index < -0.39 is 6.04 Å². The quantitative estimate of drug-likeness (QED) is 0.699. The molecule has 3 aromatic rings. The summed E-state index contributed by atoms with van der Waals surface area (Å²) in [4.78, 5) is 25.0. The Labute approximate surface area is 157 Å². The van der Waals surface area contributed by atoms with Crippen molar-refractivity contribution in [3.05, 3.63) is 63.4 Å². The van der Waals surface area contributed by atoms with E-state index in [1.165, 1.54) is 4.68 Å². The number of rotatable bonds is 4. The second-order valence-corrected chi connectivity index (χ2v) is 6.67. The van der Waals surface area contributed by atoms with Crippen molar-refractivity contribution in [1.29, 1.82) is 0 Å². The molecule has 0 radical (unpaired) electrons. The van der Waals surface area contributed by atoms with Crippen molar-refractivity contribution in [3.63, 3.8) is 0 Å². The van der Waals surface area contributed by atoms with Gasteiger partial charge in [0.1, 0.15) is 0 Å². The van der Waals surface area contributed by atoms with Gasteiger partial charge in [-0.15, -0.1) is 5.10 Å². The lowest BCUT2D eigenvalue weighted by Gasteiger charge is -2.14. The zero-order valence-corrected chi connectivity index (χ0v) is 15.8. The predicted molar refractivity (Wildman–Crippen MR) is 96.7 cm³/mol. The Morgan fingerprint density at radius 1 is 1.28 bits per heavy atom. The van der Waals surface area contributed by atoms with Crippen LogP contribution in [0.1, 0.15) is 34.7 Å². The molecular weight excluding hydrogens is 408 g/mol. The molecule has 3 rings (SSSR count). The fourth-order valence-corrected chi connectivity index (χ4v) is 3.11. The molecule has 0 fully saturated rings. The SMILES string of the molecule is Cc1cc(Br)cc(C(=O)NC(C)c2nc(Cl)nn2-c2ncccn2)c1. The van der Waals surface area contributed by atoms with E-state index in [9.17, 15) is 4.79 Å². The minimum absolute atomic E-state index is 0.0573. The summed E-state index contributed by atoms with van der Waals surface area (Å²) in [5, 5.41) is 7.05. The summed E-state index contributed by atoms with van der Waals surface area (Å²) >= 11 is 9.33. The molecule has 2 aromatic heterocycles. The molecule has 2 heterocycles. The number of benzene rings is 1. The third-order valence-corrected chi connectivity index (χ3v) is 4.01. The minimum Gasteiger partial charge on any atom is -0.342 e. The number of halogens is 2. The van der Waals surface area contributed by atoms with Gasteiger partial charge in [0, 0.05) is 22.4 Å². The molecule has 1 N–H and O–H groups in total. The Bertz CT molecular complexity index is 894. The van der Waals surface area contributed by atoms with Crippen LogP contribution in [0.2, 0.25) is 5.28 Å². The third kappa shape index (κ3) is 4.02. The van der Waals surface area contributed by atoms with Crippen LogP contribution in [0.25, 0.3) is 5.95 Å². The molecule has 0 aliphatic rings. The number of hydrogen-bond acceptors (Lipinski definition) is 5. The number of carbonyl (C=O) groups is 1. The van der Waals surface area contributed by atoms with Crippen LogP contribution in [-0.2, 0) is 0 Å². The molecule has 1 aromatic carbocycles. The van der Waals surface area contributed by atoms with Gasteiger partial charge in [-0.05, 0) is 55.3 Å². The van der Waals surface area contributed by atoms with Crippen molar-refractivity contribution < 1.29 is 4.79 Å². The molecule has 0 saturated carbocycles. The first-order valence-corrected chi connectivity index (χ1v) is 8.59. The molecular formula is C16H14BrClN6O. The van der Waals surface area contributed by atoms with E-state index in [1.807, 2.05) is 19.1 Å². The number of nitrogens with one attached hydrogen (secondary N) is 1. The lowest BCUT2D eigenvalue weighted by atomic mass is 10.1. The Morgan fingerprint density at radius 3 is 2.68 bits per heavy atom. The van der Waals surface area contributed by atoms with Crippen molar-refractivity contribution in [2.45, 2.75) is 19.9 Å². The van der Waals surface area contributed by atoms with Gasteiger partial charge in [0.05, 0.1) is 6.04 Å². The highest BCUT2D eigenvalue weighted by atomic mass is 79.9. The van der Waals surface area contributed by atoms with Crippen LogP contribution in [0.4, 0.5) is 0 Å². The van der Waals surface area contributed by atoms with E-state index in [2.05, 4.69) is 41.3 Å². The van der Waals surface area contributed by atoms with Crippen LogP contribution in [0, 0.1) is 6.92 Å². The molecule has 0 bridgehead atoms. The van der Waals surface area contributed by atoms with E-state index in [-0.39, 0.29) is 11.2 Å². The van der Waals surface area contributed by atoms with Crippen LogP contribution in [-0.4, -0.2) is 30.6 Å². The van der Waals surface area contributed by atoms with Gasteiger partial charge < -0.3 is 5.32 Å². The second-order valence-electron chi connectivity index (χ2n) is 5.41. The molecule has 1 amide bonds. The number of aryl methyl sites for hydroxylation is 1. The summed E-state index contributed by atoms with van der Waals surface area (Å²) in [6.45, 7) is 3.72. The van der Waals surface area contributed by atoms with E-state index in [4.69, 9.17) is 11.6 Å². The predicted octanol–water partition coefficient (Wildman–Crippen LogP) is 3.27. The number of aromatic nitrogens is 5.